The zero-order valence-electron chi connectivity index (χ0n) is 16.0. The van der Waals surface area contributed by atoms with Gasteiger partial charge in [-0.3, -0.25) is 4.90 Å². The molecule has 0 aliphatic carbocycles. The molecule has 0 radical (unpaired) electrons. The van der Waals surface area contributed by atoms with Crippen molar-refractivity contribution in [2.45, 2.75) is 52.1 Å². The van der Waals surface area contributed by atoms with Gasteiger partial charge in [-0.05, 0) is 70.0 Å². The van der Waals surface area contributed by atoms with Crippen LogP contribution in [0.1, 0.15) is 51.2 Å². The lowest BCUT2D eigenvalue weighted by Gasteiger charge is -2.32. The molecule has 1 N–H and O–H groups in total. The molecule has 0 bridgehead atoms. The van der Waals surface area contributed by atoms with E-state index in [1.54, 1.807) is 18.2 Å². The minimum absolute atomic E-state index is 0.0324. The molecule has 0 aromatic heterocycles. The second-order valence-corrected chi connectivity index (χ2v) is 7.11. The molecule has 138 valence electrons. The third-order valence-corrected chi connectivity index (χ3v) is 4.75. The number of azide groups is 1. The molecule has 0 spiro atoms. The van der Waals surface area contributed by atoms with Gasteiger partial charge in [0.15, 0.2) is 0 Å². The number of benzene rings is 2. The van der Waals surface area contributed by atoms with E-state index in [-0.39, 0.29) is 11.7 Å². The molecule has 1 atom stereocenters. The van der Waals surface area contributed by atoms with Crippen LogP contribution in [0.5, 0.6) is 5.75 Å². The first kappa shape index (κ1) is 19.8. The summed E-state index contributed by atoms with van der Waals surface area (Å²) in [4.78, 5) is 5.31. The molecule has 5 heteroatoms. The van der Waals surface area contributed by atoms with Gasteiger partial charge in [-0.2, -0.15) is 0 Å². The van der Waals surface area contributed by atoms with Gasteiger partial charge in [0, 0.05) is 34.2 Å². The summed E-state index contributed by atoms with van der Waals surface area (Å²) in [5.74, 6) is 0.265. The summed E-state index contributed by atoms with van der Waals surface area (Å²) < 4.78 is 0. The maximum Gasteiger partial charge on any atom is 0.119 e. The number of hydrogen-bond donors (Lipinski definition) is 1. The summed E-state index contributed by atoms with van der Waals surface area (Å²) in [6.45, 7) is 9.74. The molecular formula is C21H28N4O. The highest BCUT2D eigenvalue weighted by molar-refractivity contribution is 5.50. The van der Waals surface area contributed by atoms with Crippen LogP contribution >= 0.6 is 0 Å². The Morgan fingerprint density at radius 2 is 1.69 bits per heavy atom. The summed E-state index contributed by atoms with van der Waals surface area (Å²) in [6.07, 6.45) is 0.869. The molecule has 2 aromatic carbocycles. The first-order valence-electron chi connectivity index (χ1n) is 9.12. The van der Waals surface area contributed by atoms with E-state index in [1.165, 1.54) is 0 Å². The van der Waals surface area contributed by atoms with Crippen LogP contribution in [0.4, 0.5) is 5.69 Å². The molecule has 0 saturated carbocycles. The lowest BCUT2D eigenvalue weighted by molar-refractivity contribution is 0.170. The molecule has 0 aliphatic heterocycles. The Bertz CT molecular complexity index is 744. The van der Waals surface area contributed by atoms with Gasteiger partial charge in [-0.25, -0.2) is 0 Å². The van der Waals surface area contributed by atoms with Crippen molar-refractivity contribution < 1.29 is 5.11 Å². The van der Waals surface area contributed by atoms with Crippen LogP contribution in [-0.2, 0) is 0 Å². The van der Waals surface area contributed by atoms with E-state index < -0.39 is 0 Å². The highest BCUT2D eigenvalue weighted by Crippen LogP contribution is 2.36. The monoisotopic (exact) mass is 352 g/mol. The Balaban J connectivity index is 2.39. The van der Waals surface area contributed by atoms with Gasteiger partial charge in [0.1, 0.15) is 5.75 Å². The van der Waals surface area contributed by atoms with Gasteiger partial charge in [0.25, 0.3) is 0 Å². The summed E-state index contributed by atoms with van der Waals surface area (Å²) in [6, 6.07) is 16.1. The molecular weight excluding hydrogens is 324 g/mol. The fraction of sp³-hybridized carbons (Fsp3) is 0.429. The number of hydrogen-bond acceptors (Lipinski definition) is 3. The Labute approximate surface area is 155 Å². The average Bonchev–Trinajstić information content (AvgIpc) is 2.61. The third kappa shape index (κ3) is 5.01. The molecule has 0 amide bonds. The first-order valence-corrected chi connectivity index (χ1v) is 9.12. The Morgan fingerprint density at radius 1 is 1.04 bits per heavy atom. The SMILES string of the molecule is CC(C)N(CCC(c1ccccc1)c1cc(N=[N+]=[N-])ccc1O)C(C)C. The molecule has 0 saturated heterocycles. The second-order valence-electron chi connectivity index (χ2n) is 7.11. The van der Waals surface area contributed by atoms with Gasteiger partial charge in [0.05, 0.1) is 0 Å². The Hall–Kier alpha value is -2.49. The van der Waals surface area contributed by atoms with Gasteiger partial charge < -0.3 is 5.11 Å². The maximum atomic E-state index is 10.5. The number of rotatable bonds is 8. The summed E-state index contributed by atoms with van der Waals surface area (Å²) >= 11 is 0. The van der Waals surface area contributed by atoms with Crippen LogP contribution in [0.3, 0.4) is 0 Å². The van der Waals surface area contributed by atoms with Crippen LogP contribution in [0.25, 0.3) is 10.4 Å². The van der Waals surface area contributed by atoms with Gasteiger partial charge in [-0.1, -0.05) is 35.4 Å². The van der Waals surface area contributed by atoms with Crippen molar-refractivity contribution >= 4 is 5.69 Å². The fourth-order valence-electron chi connectivity index (χ4n) is 3.51. The normalized spacial score (nSPS) is 12.4. The highest BCUT2D eigenvalue weighted by atomic mass is 16.3. The van der Waals surface area contributed by atoms with Crippen LogP contribution in [-0.4, -0.2) is 28.6 Å². The topological polar surface area (TPSA) is 72.2 Å². The predicted octanol–water partition coefficient (Wildman–Crippen LogP) is 5.97. The maximum absolute atomic E-state index is 10.5. The number of nitrogens with zero attached hydrogens (tertiary/aromatic N) is 4. The molecule has 2 rings (SSSR count). The second kappa shape index (κ2) is 9.27. The first-order chi connectivity index (χ1) is 12.4. The van der Waals surface area contributed by atoms with Gasteiger partial charge in [0.2, 0.25) is 0 Å². The van der Waals surface area contributed by atoms with E-state index in [4.69, 9.17) is 5.53 Å². The number of phenols is 1. The third-order valence-electron chi connectivity index (χ3n) is 4.75. The molecule has 2 aromatic rings. The number of aromatic hydroxyl groups is 1. The molecule has 0 aliphatic rings. The van der Waals surface area contributed by atoms with E-state index in [9.17, 15) is 5.11 Å². The van der Waals surface area contributed by atoms with E-state index in [1.807, 2.05) is 18.2 Å². The average molecular weight is 352 g/mol. The van der Waals surface area contributed by atoms with Crippen molar-refractivity contribution in [2.24, 2.45) is 5.11 Å². The van der Waals surface area contributed by atoms with Crippen molar-refractivity contribution in [3.63, 3.8) is 0 Å². The van der Waals surface area contributed by atoms with E-state index >= 15 is 0 Å². The van der Waals surface area contributed by atoms with E-state index in [2.05, 4.69) is 54.8 Å². The minimum Gasteiger partial charge on any atom is -0.508 e. The lowest BCUT2D eigenvalue weighted by atomic mass is 9.87. The van der Waals surface area contributed by atoms with Gasteiger partial charge >= 0.3 is 0 Å². The van der Waals surface area contributed by atoms with Gasteiger partial charge in [-0.15, -0.1) is 0 Å². The van der Waals surface area contributed by atoms with Crippen molar-refractivity contribution in [1.29, 1.82) is 0 Å². The Morgan fingerprint density at radius 3 is 2.27 bits per heavy atom. The van der Waals surface area contributed by atoms with E-state index in [0.29, 0.717) is 17.8 Å². The smallest absolute Gasteiger partial charge is 0.119 e. The predicted molar refractivity (Wildman–Crippen MR) is 107 cm³/mol. The largest absolute Gasteiger partial charge is 0.508 e. The Kier molecular flexibility index (Phi) is 7.07. The zero-order chi connectivity index (χ0) is 19.1. The standard InChI is InChI=1S/C21H28N4O/c1-15(2)25(16(3)4)13-12-19(17-8-6-5-7-9-17)20-14-18(23-24-22)10-11-21(20)26/h5-11,14-16,19,26H,12-13H2,1-4H3. The lowest BCUT2D eigenvalue weighted by Crippen LogP contribution is -2.38. The van der Waals surface area contributed by atoms with Crippen molar-refractivity contribution in [1.82, 2.24) is 4.90 Å². The molecule has 1 unspecified atom stereocenters. The summed E-state index contributed by atoms with van der Waals surface area (Å²) in [5.41, 5.74) is 11.2. The number of phenolic OH excluding ortho intramolecular Hbond substituents is 1. The highest BCUT2D eigenvalue weighted by Gasteiger charge is 2.21. The summed E-state index contributed by atoms with van der Waals surface area (Å²) in [7, 11) is 0. The molecule has 5 nitrogen and oxygen atoms in total. The van der Waals surface area contributed by atoms with Crippen LogP contribution < -0.4 is 0 Å². The molecule has 0 heterocycles. The van der Waals surface area contributed by atoms with Crippen molar-refractivity contribution in [3.05, 3.63) is 70.1 Å². The fourth-order valence-corrected chi connectivity index (χ4v) is 3.51. The zero-order valence-corrected chi connectivity index (χ0v) is 16.0. The van der Waals surface area contributed by atoms with Crippen molar-refractivity contribution in [3.8, 4) is 5.75 Å². The van der Waals surface area contributed by atoms with Crippen LogP contribution in [0.2, 0.25) is 0 Å². The quantitative estimate of drug-likeness (QED) is 0.361. The van der Waals surface area contributed by atoms with E-state index in [0.717, 1.165) is 24.1 Å². The van der Waals surface area contributed by atoms with Crippen LogP contribution in [0.15, 0.2) is 53.6 Å². The minimum atomic E-state index is 0.0324. The molecule has 26 heavy (non-hydrogen) atoms. The summed E-state index contributed by atoms with van der Waals surface area (Å²) in [5, 5.41) is 14.2. The van der Waals surface area contributed by atoms with Crippen LogP contribution in [0, 0.1) is 0 Å². The molecule has 0 fully saturated rings. The van der Waals surface area contributed by atoms with Crippen molar-refractivity contribution in [2.75, 3.05) is 6.54 Å².